The first-order chi connectivity index (χ1) is 14.7. The van der Waals surface area contributed by atoms with Gasteiger partial charge in [0.05, 0.1) is 0 Å². The molecule has 0 aliphatic carbocycles. The highest BCUT2D eigenvalue weighted by Gasteiger charge is 2.24. The molecule has 1 N–H and O–H groups in total. The summed E-state index contributed by atoms with van der Waals surface area (Å²) in [4.78, 5) is 25.9. The van der Waals surface area contributed by atoms with Gasteiger partial charge in [0.15, 0.2) is 0 Å². The molecule has 160 valence electrons. The lowest BCUT2D eigenvalue weighted by atomic mass is 9.91. The number of piperidine rings is 1. The van der Waals surface area contributed by atoms with Gasteiger partial charge in [-0.1, -0.05) is 31.2 Å². The van der Waals surface area contributed by atoms with Crippen LogP contribution in [0.5, 0.6) is 0 Å². The predicted octanol–water partition coefficient (Wildman–Crippen LogP) is 3.88. The summed E-state index contributed by atoms with van der Waals surface area (Å²) in [5, 5.41) is 3.33. The number of hydrogen-bond donors (Lipinski definition) is 1. The van der Waals surface area contributed by atoms with Crippen molar-refractivity contribution in [2.75, 3.05) is 36.4 Å². The van der Waals surface area contributed by atoms with Crippen molar-refractivity contribution < 1.29 is 4.79 Å². The van der Waals surface area contributed by atoms with Crippen molar-refractivity contribution in [3.63, 3.8) is 0 Å². The van der Waals surface area contributed by atoms with Crippen molar-refractivity contribution in [1.29, 1.82) is 0 Å². The summed E-state index contributed by atoms with van der Waals surface area (Å²) in [5.74, 6) is 2.85. The van der Waals surface area contributed by atoms with Crippen LogP contribution < -0.4 is 10.2 Å². The fourth-order valence-electron chi connectivity index (χ4n) is 4.51. The number of nitrogens with one attached hydrogen (secondary N) is 1. The van der Waals surface area contributed by atoms with Crippen LogP contribution in [0, 0.1) is 5.92 Å². The minimum atomic E-state index is 0.314. The van der Waals surface area contributed by atoms with Gasteiger partial charge in [-0.3, -0.25) is 4.79 Å². The van der Waals surface area contributed by atoms with Crippen LogP contribution in [0.3, 0.4) is 0 Å². The number of rotatable bonds is 7. The molecule has 0 saturated carbocycles. The Labute approximate surface area is 179 Å². The highest BCUT2D eigenvalue weighted by Crippen LogP contribution is 2.27. The fourth-order valence-corrected chi connectivity index (χ4v) is 4.51. The average molecular weight is 408 g/mol. The van der Waals surface area contributed by atoms with Crippen LogP contribution in [-0.2, 0) is 17.8 Å². The van der Waals surface area contributed by atoms with E-state index in [0.717, 1.165) is 76.5 Å². The second-order valence-electron chi connectivity index (χ2n) is 8.49. The van der Waals surface area contributed by atoms with E-state index in [9.17, 15) is 4.79 Å². The first-order valence-electron chi connectivity index (χ1n) is 11.4. The van der Waals surface area contributed by atoms with Crippen molar-refractivity contribution in [3.8, 4) is 0 Å². The van der Waals surface area contributed by atoms with Crippen molar-refractivity contribution in [2.45, 2.75) is 52.0 Å². The van der Waals surface area contributed by atoms with Crippen LogP contribution in [-0.4, -0.2) is 47.0 Å². The van der Waals surface area contributed by atoms with E-state index in [0.29, 0.717) is 18.2 Å². The monoisotopic (exact) mass is 407 g/mol. The maximum Gasteiger partial charge on any atom is 0.222 e. The standard InChI is InChI=1S/C24H33N5O/c1-2-12-25-22-16-23(27-18-26-22)28-13-9-19(10-14-28)7-8-24(30)29-15-11-20-5-3-4-6-21(20)17-29/h3-6,16,18-19H,2,7-15,17H2,1H3,(H,25,26,27). The van der Waals surface area contributed by atoms with E-state index < -0.39 is 0 Å². The first-order valence-corrected chi connectivity index (χ1v) is 11.4. The number of fused-ring (bicyclic) bond motifs is 1. The second-order valence-corrected chi connectivity index (χ2v) is 8.49. The number of carbonyl (C=O) groups excluding carboxylic acids is 1. The minimum absolute atomic E-state index is 0.314. The molecule has 3 heterocycles. The molecule has 1 saturated heterocycles. The van der Waals surface area contributed by atoms with Gasteiger partial charge in [0.2, 0.25) is 5.91 Å². The molecule has 6 heteroatoms. The largest absolute Gasteiger partial charge is 0.370 e. The number of benzene rings is 1. The molecular formula is C24H33N5O. The molecular weight excluding hydrogens is 374 g/mol. The molecule has 0 unspecified atom stereocenters. The van der Waals surface area contributed by atoms with Crippen molar-refractivity contribution >= 4 is 17.5 Å². The van der Waals surface area contributed by atoms with Gasteiger partial charge in [0.1, 0.15) is 18.0 Å². The van der Waals surface area contributed by atoms with Crippen LogP contribution >= 0.6 is 0 Å². The molecule has 0 spiro atoms. The molecule has 1 amide bonds. The summed E-state index contributed by atoms with van der Waals surface area (Å²) < 4.78 is 0. The third kappa shape index (κ3) is 5.10. The second kappa shape index (κ2) is 9.92. The Hall–Kier alpha value is -2.63. The molecule has 1 aromatic heterocycles. The minimum Gasteiger partial charge on any atom is -0.370 e. The quantitative estimate of drug-likeness (QED) is 0.755. The fraction of sp³-hybridized carbons (Fsp3) is 0.542. The van der Waals surface area contributed by atoms with Gasteiger partial charge in [0, 0.05) is 45.2 Å². The Morgan fingerprint density at radius 3 is 2.73 bits per heavy atom. The zero-order valence-corrected chi connectivity index (χ0v) is 18.0. The Balaban J connectivity index is 1.22. The maximum absolute atomic E-state index is 12.8. The lowest BCUT2D eigenvalue weighted by Crippen LogP contribution is -2.37. The molecule has 30 heavy (non-hydrogen) atoms. The van der Waals surface area contributed by atoms with Crippen molar-refractivity contribution in [1.82, 2.24) is 14.9 Å². The van der Waals surface area contributed by atoms with Crippen LogP contribution in [0.15, 0.2) is 36.7 Å². The topological polar surface area (TPSA) is 61.4 Å². The van der Waals surface area contributed by atoms with E-state index in [4.69, 9.17) is 0 Å². The number of anilines is 2. The molecule has 1 aromatic carbocycles. The van der Waals surface area contributed by atoms with Gasteiger partial charge >= 0.3 is 0 Å². The van der Waals surface area contributed by atoms with Crippen LogP contribution in [0.25, 0.3) is 0 Å². The number of aromatic nitrogens is 2. The first kappa shape index (κ1) is 20.6. The Morgan fingerprint density at radius 1 is 1.13 bits per heavy atom. The molecule has 2 aliphatic heterocycles. The predicted molar refractivity (Wildman–Crippen MR) is 121 cm³/mol. The summed E-state index contributed by atoms with van der Waals surface area (Å²) in [6, 6.07) is 10.5. The van der Waals surface area contributed by atoms with E-state index in [1.54, 1.807) is 6.33 Å². The maximum atomic E-state index is 12.8. The molecule has 2 aliphatic rings. The molecule has 4 rings (SSSR count). The number of hydrogen-bond acceptors (Lipinski definition) is 5. The van der Waals surface area contributed by atoms with E-state index in [1.165, 1.54) is 11.1 Å². The number of carbonyl (C=O) groups is 1. The SMILES string of the molecule is CCCNc1cc(N2CCC(CCC(=O)N3CCc4ccccc4C3)CC2)ncn1. The van der Waals surface area contributed by atoms with E-state index in [1.807, 2.05) is 11.0 Å². The summed E-state index contributed by atoms with van der Waals surface area (Å²) in [6.07, 6.45) is 7.62. The summed E-state index contributed by atoms with van der Waals surface area (Å²) in [6.45, 7) is 6.70. The molecule has 0 radical (unpaired) electrons. The smallest absolute Gasteiger partial charge is 0.222 e. The van der Waals surface area contributed by atoms with Crippen LogP contribution in [0.4, 0.5) is 11.6 Å². The Bertz CT molecular complexity index is 847. The highest BCUT2D eigenvalue weighted by atomic mass is 16.2. The molecule has 6 nitrogen and oxygen atoms in total. The zero-order valence-electron chi connectivity index (χ0n) is 18.0. The van der Waals surface area contributed by atoms with Gasteiger partial charge in [-0.25, -0.2) is 9.97 Å². The Kier molecular flexibility index (Phi) is 6.82. The van der Waals surface area contributed by atoms with Gasteiger partial charge in [-0.05, 0) is 49.1 Å². The average Bonchev–Trinajstić information content (AvgIpc) is 2.81. The third-order valence-electron chi connectivity index (χ3n) is 6.40. The van der Waals surface area contributed by atoms with E-state index in [-0.39, 0.29) is 0 Å². The van der Waals surface area contributed by atoms with Gasteiger partial charge in [-0.2, -0.15) is 0 Å². The van der Waals surface area contributed by atoms with Crippen LogP contribution in [0.1, 0.15) is 50.2 Å². The van der Waals surface area contributed by atoms with Crippen molar-refractivity contribution in [2.24, 2.45) is 5.92 Å². The molecule has 1 fully saturated rings. The normalized spacial score (nSPS) is 17.0. The van der Waals surface area contributed by atoms with Gasteiger partial charge in [0.25, 0.3) is 0 Å². The molecule has 2 aromatic rings. The molecule has 0 bridgehead atoms. The lowest BCUT2D eigenvalue weighted by Gasteiger charge is -2.33. The molecule has 0 atom stereocenters. The van der Waals surface area contributed by atoms with Crippen molar-refractivity contribution in [3.05, 3.63) is 47.8 Å². The van der Waals surface area contributed by atoms with E-state index >= 15 is 0 Å². The zero-order chi connectivity index (χ0) is 20.8. The van der Waals surface area contributed by atoms with E-state index in [2.05, 4.69) is 51.4 Å². The number of amides is 1. The third-order valence-corrected chi connectivity index (χ3v) is 6.40. The summed E-state index contributed by atoms with van der Waals surface area (Å²) in [5.41, 5.74) is 2.70. The highest BCUT2D eigenvalue weighted by molar-refractivity contribution is 5.76. The van der Waals surface area contributed by atoms with Gasteiger partial charge < -0.3 is 15.1 Å². The van der Waals surface area contributed by atoms with Gasteiger partial charge in [-0.15, -0.1) is 0 Å². The summed E-state index contributed by atoms with van der Waals surface area (Å²) in [7, 11) is 0. The number of nitrogens with zero attached hydrogens (tertiary/aromatic N) is 4. The lowest BCUT2D eigenvalue weighted by molar-refractivity contribution is -0.132. The van der Waals surface area contributed by atoms with Crippen LogP contribution in [0.2, 0.25) is 0 Å². The Morgan fingerprint density at radius 2 is 1.93 bits per heavy atom. The summed E-state index contributed by atoms with van der Waals surface area (Å²) >= 11 is 0.